The third-order valence-electron chi connectivity index (χ3n) is 6.31. The van der Waals surface area contributed by atoms with E-state index in [0.717, 1.165) is 29.9 Å². The van der Waals surface area contributed by atoms with Crippen LogP contribution in [-0.2, 0) is 11.8 Å². The molecule has 1 fully saturated rings. The zero-order valence-corrected chi connectivity index (χ0v) is 19.7. The number of nitriles is 1. The fourth-order valence-electron chi connectivity index (χ4n) is 4.29. The molecule has 0 unspecified atom stereocenters. The molecular weight excluding hydrogens is 446 g/mol. The van der Waals surface area contributed by atoms with Gasteiger partial charge in [-0.05, 0) is 24.5 Å². The number of ether oxygens (including phenoxy) is 1. The first kappa shape index (κ1) is 22.3. The molecule has 11 heteroatoms. The molecule has 1 aliphatic rings. The van der Waals surface area contributed by atoms with Gasteiger partial charge in [0.15, 0.2) is 0 Å². The number of hydrogen-bond acceptors (Lipinski definition) is 8. The molecular formula is C24H25N9O2. The Labute approximate surface area is 202 Å². The van der Waals surface area contributed by atoms with E-state index in [2.05, 4.69) is 33.4 Å². The Morgan fingerprint density at radius 3 is 2.74 bits per heavy atom. The maximum absolute atomic E-state index is 11.7. The molecule has 35 heavy (non-hydrogen) atoms. The van der Waals surface area contributed by atoms with E-state index in [1.807, 2.05) is 25.4 Å². The van der Waals surface area contributed by atoms with Crippen molar-refractivity contribution >= 4 is 17.4 Å². The minimum atomic E-state index is -0.426. The normalized spacial score (nSPS) is 17.8. The summed E-state index contributed by atoms with van der Waals surface area (Å²) in [4.78, 5) is 23.4. The quantitative estimate of drug-likeness (QED) is 0.481. The molecule has 0 spiro atoms. The lowest BCUT2D eigenvalue weighted by molar-refractivity contribution is 0.0602. The third-order valence-corrected chi connectivity index (χ3v) is 6.31. The fourth-order valence-corrected chi connectivity index (χ4v) is 4.29. The highest BCUT2D eigenvalue weighted by Gasteiger charge is 2.30. The van der Waals surface area contributed by atoms with Crippen molar-refractivity contribution in [3.63, 3.8) is 0 Å². The highest BCUT2D eigenvalue weighted by atomic mass is 16.6. The van der Waals surface area contributed by atoms with Crippen molar-refractivity contribution in [1.29, 1.82) is 5.26 Å². The van der Waals surface area contributed by atoms with Crippen LogP contribution in [0.1, 0.15) is 18.9 Å². The lowest BCUT2D eigenvalue weighted by Crippen LogP contribution is -2.46. The molecule has 1 saturated heterocycles. The van der Waals surface area contributed by atoms with Gasteiger partial charge in [0.2, 0.25) is 0 Å². The number of pyridine rings is 1. The minimum absolute atomic E-state index is 0.215. The van der Waals surface area contributed by atoms with Crippen molar-refractivity contribution < 1.29 is 9.53 Å². The topological polar surface area (TPSA) is 126 Å². The van der Waals surface area contributed by atoms with Crippen LogP contribution in [0, 0.1) is 17.2 Å². The van der Waals surface area contributed by atoms with E-state index in [9.17, 15) is 10.1 Å². The zero-order valence-electron chi connectivity index (χ0n) is 19.7. The average Bonchev–Trinajstić information content (AvgIpc) is 3.50. The van der Waals surface area contributed by atoms with Crippen LogP contribution in [0.2, 0.25) is 0 Å². The number of alkyl carbamates (subject to hydrolysis) is 1. The van der Waals surface area contributed by atoms with Crippen molar-refractivity contribution in [1.82, 2.24) is 34.7 Å². The molecule has 11 nitrogen and oxygen atoms in total. The largest absolute Gasteiger partial charge is 0.444 e. The van der Waals surface area contributed by atoms with Crippen molar-refractivity contribution in [3.8, 4) is 28.6 Å². The second kappa shape index (κ2) is 9.06. The van der Waals surface area contributed by atoms with Gasteiger partial charge in [0.25, 0.3) is 0 Å². The van der Waals surface area contributed by atoms with Crippen LogP contribution in [0.5, 0.6) is 0 Å². The summed E-state index contributed by atoms with van der Waals surface area (Å²) in [7, 11) is 3.40. The number of amides is 1. The molecule has 2 atom stereocenters. The van der Waals surface area contributed by atoms with E-state index in [1.165, 1.54) is 6.20 Å². The lowest BCUT2D eigenvalue weighted by atomic mass is 9.96. The number of anilines is 1. The summed E-state index contributed by atoms with van der Waals surface area (Å²) in [5.41, 5.74) is 3.99. The predicted molar refractivity (Wildman–Crippen MR) is 128 cm³/mol. The molecule has 0 radical (unpaired) electrons. The van der Waals surface area contributed by atoms with Crippen LogP contribution < -0.4 is 10.2 Å². The molecule has 0 bridgehead atoms. The Morgan fingerprint density at radius 2 is 2.06 bits per heavy atom. The van der Waals surface area contributed by atoms with E-state index in [4.69, 9.17) is 14.7 Å². The van der Waals surface area contributed by atoms with E-state index >= 15 is 0 Å². The van der Waals surface area contributed by atoms with E-state index in [1.54, 1.807) is 34.8 Å². The first-order valence-corrected chi connectivity index (χ1v) is 11.3. The molecule has 0 aliphatic carbocycles. The van der Waals surface area contributed by atoms with Gasteiger partial charge in [0, 0.05) is 44.2 Å². The Hall–Kier alpha value is -4.46. The Bertz CT molecular complexity index is 1420. The van der Waals surface area contributed by atoms with Crippen LogP contribution >= 0.6 is 0 Å². The van der Waals surface area contributed by atoms with Crippen molar-refractivity contribution in [2.45, 2.75) is 19.4 Å². The molecule has 4 aromatic heterocycles. The second-order valence-corrected chi connectivity index (χ2v) is 8.65. The van der Waals surface area contributed by atoms with Crippen LogP contribution in [0.25, 0.3) is 28.0 Å². The molecule has 4 aromatic rings. The standard InChI is InChI=1S/C24H25N9O2/c1-15-6-7-32(14-20(15)35-24(34)26-2)21-5-4-16(9-27-21)22-23-17(8-25)10-29-33(23)13-19(30-22)18-11-28-31(3)12-18/h4-5,9-13,15,20H,6-7,14H2,1-3H3,(H,26,34)/t15-,20+/m0/s1. The molecule has 1 N–H and O–H groups in total. The molecule has 1 aliphatic heterocycles. The molecule has 0 saturated carbocycles. The second-order valence-electron chi connectivity index (χ2n) is 8.65. The van der Waals surface area contributed by atoms with E-state index in [0.29, 0.717) is 29.0 Å². The van der Waals surface area contributed by atoms with Gasteiger partial charge in [0.1, 0.15) is 29.1 Å². The number of piperidine rings is 1. The molecule has 5 rings (SSSR count). The summed E-state index contributed by atoms with van der Waals surface area (Å²) in [5.74, 6) is 1.06. The summed E-state index contributed by atoms with van der Waals surface area (Å²) in [5, 5.41) is 20.7. The van der Waals surface area contributed by atoms with Crippen LogP contribution in [0.3, 0.4) is 0 Å². The van der Waals surface area contributed by atoms with Crippen LogP contribution in [0.15, 0.2) is 43.1 Å². The summed E-state index contributed by atoms with van der Waals surface area (Å²) >= 11 is 0. The SMILES string of the molecule is CNC(=O)O[C@@H]1CN(c2ccc(-c3nc(-c4cnn(C)c4)cn4ncc(C#N)c34)cn2)CC[C@@H]1C. The number of fused-ring (bicyclic) bond motifs is 1. The van der Waals surface area contributed by atoms with E-state index < -0.39 is 6.09 Å². The first-order valence-electron chi connectivity index (χ1n) is 11.3. The van der Waals surface area contributed by atoms with Gasteiger partial charge in [-0.3, -0.25) is 4.68 Å². The minimum Gasteiger partial charge on any atom is -0.444 e. The molecule has 5 heterocycles. The number of aryl methyl sites for hydroxylation is 1. The Kier molecular flexibility index (Phi) is 5.78. The van der Waals surface area contributed by atoms with Gasteiger partial charge in [-0.15, -0.1) is 0 Å². The monoisotopic (exact) mass is 471 g/mol. The summed E-state index contributed by atoms with van der Waals surface area (Å²) < 4.78 is 8.92. The van der Waals surface area contributed by atoms with Crippen molar-refractivity contribution in [3.05, 3.63) is 48.7 Å². The summed E-state index contributed by atoms with van der Waals surface area (Å²) in [6, 6.07) is 6.07. The molecule has 1 amide bonds. The van der Waals surface area contributed by atoms with Gasteiger partial charge in [-0.2, -0.15) is 15.5 Å². The number of hydrogen-bond donors (Lipinski definition) is 1. The smallest absolute Gasteiger partial charge is 0.407 e. The van der Waals surface area contributed by atoms with Gasteiger partial charge in [0.05, 0.1) is 36.5 Å². The van der Waals surface area contributed by atoms with Gasteiger partial charge in [-0.1, -0.05) is 6.92 Å². The summed E-state index contributed by atoms with van der Waals surface area (Å²) in [6.07, 6.45) is 8.95. The first-order chi connectivity index (χ1) is 17.0. The highest BCUT2D eigenvalue weighted by Crippen LogP contribution is 2.30. The number of nitrogens with zero attached hydrogens (tertiary/aromatic N) is 8. The Morgan fingerprint density at radius 1 is 1.20 bits per heavy atom. The number of carbonyl (C=O) groups excluding carboxylic acids is 1. The number of nitrogens with one attached hydrogen (secondary N) is 1. The maximum Gasteiger partial charge on any atom is 0.407 e. The highest BCUT2D eigenvalue weighted by molar-refractivity contribution is 5.83. The molecule has 0 aromatic carbocycles. The van der Waals surface area contributed by atoms with Crippen LogP contribution in [-0.4, -0.2) is 61.7 Å². The Balaban J connectivity index is 1.48. The average molecular weight is 472 g/mol. The zero-order chi connectivity index (χ0) is 24.5. The number of carbonyl (C=O) groups is 1. The number of rotatable bonds is 4. The fraction of sp³-hybridized carbons (Fsp3) is 0.333. The number of aromatic nitrogens is 6. The van der Waals surface area contributed by atoms with Gasteiger partial charge in [-0.25, -0.2) is 19.3 Å². The van der Waals surface area contributed by atoms with Gasteiger partial charge < -0.3 is 15.0 Å². The van der Waals surface area contributed by atoms with Crippen molar-refractivity contribution in [2.24, 2.45) is 13.0 Å². The van der Waals surface area contributed by atoms with Gasteiger partial charge >= 0.3 is 6.09 Å². The van der Waals surface area contributed by atoms with Crippen molar-refractivity contribution in [2.75, 3.05) is 25.0 Å². The van der Waals surface area contributed by atoms with Crippen LogP contribution in [0.4, 0.5) is 10.6 Å². The summed E-state index contributed by atoms with van der Waals surface area (Å²) in [6.45, 7) is 3.48. The lowest BCUT2D eigenvalue weighted by Gasteiger charge is -2.37. The predicted octanol–water partition coefficient (Wildman–Crippen LogP) is 2.63. The van der Waals surface area contributed by atoms with E-state index in [-0.39, 0.29) is 12.0 Å². The third kappa shape index (κ3) is 4.26. The maximum atomic E-state index is 11.7. The molecule has 178 valence electrons.